The molecule has 0 spiro atoms. The van der Waals surface area contributed by atoms with Gasteiger partial charge in [-0.3, -0.25) is 4.79 Å². The third-order valence-electron chi connectivity index (χ3n) is 4.30. The molecule has 25 heavy (non-hydrogen) atoms. The highest BCUT2D eigenvalue weighted by Crippen LogP contribution is 2.30. The molecule has 1 aliphatic rings. The number of ether oxygens (including phenoxy) is 2. The Balaban J connectivity index is 2.16. The summed E-state index contributed by atoms with van der Waals surface area (Å²) in [5.41, 5.74) is 0.555. The second kappa shape index (κ2) is 7.76. The standard InChI is InChI=1S/C19H28N2O4/c1-13(22)21-11-10-16(14-6-8-15(24-5)9-7-14)17(12-21)20-18(23)25-19(2,3)4/h6-9,16-17H,10-12H2,1-5H3,(H,20,23)/t16-,17+/m0/s1. The smallest absolute Gasteiger partial charge is 0.407 e. The van der Waals surface area contributed by atoms with Crippen LogP contribution in [0.5, 0.6) is 5.75 Å². The van der Waals surface area contributed by atoms with E-state index in [1.807, 2.05) is 45.0 Å². The number of likely N-dealkylation sites (tertiary alicyclic amines) is 1. The molecule has 6 nitrogen and oxygen atoms in total. The van der Waals surface area contributed by atoms with Gasteiger partial charge < -0.3 is 19.7 Å². The molecule has 2 atom stereocenters. The van der Waals surface area contributed by atoms with Gasteiger partial charge in [0.15, 0.2) is 0 Å². The predicted molar refractivity (Wildman–Crippen MR) is 95.8 cm³/mol. The molecule has 2 amide bonds. The molecule has 0 radical (unpaired) electrons. The van der Waals surface area contributed by atoms with Gasteiger partial charge in [-0.05, 0) is 44.9 Å². The first-order valence-electron chi connectivity index (χ1n) is 8.58. The molecule has 0 aromatic heterocycles. The van der Waals surface area contributed by atoms with Crippen molar-refractivity contribution in [2.24, 2.45) is 0 Å². The number of nitrogens with zero attached hydrogens (tertiary/aromatic N) is 1. The maximum atomic E-state index is 12.2. The Morgan fingerprint density at radius 1 is 1.20 bits per heavy atom. The molecule has 1 saturated heterocycles. The number of piperidine rings is 1. The lowest BCUT2D eigenvalue weighted by Gasteiger charge is -2.39. The summed E-state index contributed by atoms with van der Waals surface area (Å²) < 4.78 is 10.6. The molecule has 0 bridgehead atoms. The van der Waals surface area contributed by atoms with Crippen molar-refractivity contribution < 1.29 is 19.1 Å². The van der Waals surface area contributed by atoms with E-state index in [0.717, 1.165) is 17.7 Å². The number of alkyl carbamates (subject to hydrolysis) is 1. The van der Waals surface area contributed by atoms with Crippen molar-refractivity contribution in [3.05, 3.63) is 29.8 Å². The van der Waals surface area contributed by atoms with Crippen LogP contribution in [0.2, 0.25) is 0 Å². The Morgan fingerprint density at radius 2 is 1.84 bits per heavy atom. The van der Waals surface area contributed by atoms with Crippen molar-refractivity contribution in [2.75, 3.05) is 20.2 Å². The number of amides is 2. The number of hydrogen-bond acceptors (Lipinski definition) is 4. The van der Waals surface area contributed by atoms with E-state index in [9.17, 15) is 9.59 Å². The molecule has 1 aliphatic heterocycles. The number of rotatable bonds is 3. The first kappa shape index (κ1) is 19.1. The third-order valence-corrected chi connectivity index (χ3v) is 4.30. The van der Waals surface area contributed by atoms with Crippen LogP contribution in [-0.4, -0.2) is 48.7 Å². The zero-order chi connectivity index (χ0) is 18.6. The van der Waals surface area contributed by atoms with E-state index in [1.165, 1.54) is 0 Å². The molecule has 0 unspecified atom stereocenters. The fourth-order valence-electron chi connectivity index (χ4n) is 3.09. The zero-order valence-corrected chi connectivity index (χ0v) is 15.7. The minimum absolute atomic E-state index is 0.0177. The fourth-order valence-corrected chi connectivity index (χ4v) is 3.09. The predicted octanol–water partition coefficient (Wildman–Crippen LogP) is 2.92. The molecule has 1 fully saturated rings. The van der Waals surface area contributed by atoms with Gasteiger partial charge in [-0.1, -0.05) is 12.1 Å². The van der Waals surface area contributed by atoms with Crippen LogP contribution in [-0.2, 0) is 9.53 Å². The highest BCUT2D eigenvalue weighted by molar-refractivity contribution is 5.74. The van der Waals surface area contributed by atoms with Gasteiger partial charge in [-0.15, -0.1) is 0 Å². The summed E-state index contributed by atoms with van der Waals surface area (Å²) >= 11 is 0. The Hall–Kier alpha value is -2.24. The summed E-state index contributed by atoms with van der Waals surface area (Å²) in [6.07, 6.45) is 0.327. The molecule has 1 aromatic rings. The van der Waals surface area contributed by atoms with Crippen molar-refractivity contribution in [2.45, 2.75) is 51.7 Å². The van der Waals surface area contributed by atoms with Crippen LogP contribution in [0, 0.1) is 0 Å². The van der Waals surface area contributed by atoms with E-state index >= 15 is 0 Å². The van der Waals surface area contributed by atoms with Gasteiger partial charge >= 0.3 is 6.09 Å². The molecule has 0 aliphatic carbocycles. The molecule has 6 heteroatoms. The lowest BCUT2D eigenvalue weighted by Crippen LogP contribution is -2.53. The molecule has 2 rings (SSSR count). The number of carbonyl (C=O) groups excluding carboxylic acids is 2. The van der Waals surface area contributed by atoms with Gasteiger partial charge in [0.25, 0.3) is 0 Å². The summed E-state index contributed by atoms with van der Waals surface area (Å²) in [5, 5.41) is 2.95. The summed E-state index contributed by atoms with van der Waals surface area (Å²) in [4.78, 5) is 25.7. The summed E-state index contributed by atoms with van der Waals surface area (Å²) in [6, 6.07) is 7.66. The number of methoxy groups -OCH3 is 1. The minimum atomic E-state index is -0.561. The van der Waals surface area contributed by atoms with Gasteiger partial charge in [0.1, 0.15) is 11.4 Å². The average molecular weight is 348 g/mol. The molecular weight excluding hydrogens is 320 g/mol. The van der Waals surface area contributed by atoms with Crippen molar-refractivity contribution in [1.82, 2.24) is 10.2 Å². The molecule has 138 valence electrons. The van der Waals surface area contributed by atoms with Crippen LogP contribution in [0.25, 0.3) is 0 Å². The van der Waals surface area contributed by atoms with Crippen molar-refractivity contribution >= 4 is 12.0 Å². The van der Waals surface area contributed by atoms with E-state index in [2.05, 4.69) is 5.32 Å². The lowest BCUT2D eigenvalue weighted by atomic mass is 9.85. The average Bonchev–Trinajstić information content (AvgIpc) is 2.53. The van der Waals surface area contributed by atoms with E-state index < -0.39 is 11.7 Å². The van der Waals surface area contributed by atoms with Crippen molar-refractivity contribution in [1.29, 1.82) is 0 Å². The highest BCUT2D eigenvalue weighted by Gasteiger charge is 2.33. The monoisotopic (exact) mass is 348 g/mol. The van der Waals surface area contributed by atoms with Crippen LogP contribution in [0.4, 0.5) is 4.79 Å². The molecule has 1 aromatic carbocycles. The summed E-state index contributed by atoms with van der Waals surface area (Å²) in [6.45, 7) is 8.20. The number of benzene rings is 1. The summed E-state index contributed by atoms with van der Waals surface area (Å²) in [7, 11) is 1.63. The first-order chi connectivity index (χ1) is 11.7. The van der Waals surface area contributed by atoms with Crippen molar-refractivity contribution in [3.8, 4) is 5.75 Å². The number of nitrogens with one attached hydrogen (secondary N) is 1. The van der Waals surface area contributed by atoms with E-state index in [1.54, 1.807) is 18.9 Å². The molecule has 0 saturated carbocycles. The maximum Gasteiger partial charge on any atom is 0.407 e. The van der Waals surface area contributed by atoms with Gasteiger partial charge in [0, 0.05) is 25.9 Å². The van der Waals surface area contributed by atoms with Crippen molar-refractivity contribution in [3.63, 3.8) is 0 Å². The van der Waals surface area contributed by atoms with Gasteiger partial charge in [0.2, 0.25) is 5.91 Å². The molecular formula is C19H28N2O4. The van der Waals surface area contributed by atoms with Gasteiger partial charge in [-0.25, -0.2) is 4.79 Å². The third kappa shape index (κ3) is 5.37. The van der Waals surface area contributed by atoms with Crippen LogP contribution >= 0.6 is 0 Å². The topological polar surface area (TPSA) is 67.9 Å². The van der Waals surface area contributed by atoms with Gasteiger partial charge in [-0.2, -0.15) is 0 Å². The first-order valence-corrected chi connectivity index (χ1v) is 8.58. The number of carbonyl (C=O) groups is 2. The lowest BCUT2D eigenvalue weighted by molar-refractivity contribution is -0.130. The summed E-state index contributed by atoms with van der Waals surface area (Å²) in [5.74, 6) is 0.930. The van der Waals surface area contributed by atoms with Crippen LogP contribution < -0.4 is 10.1 Å². The minimum Gasteiger partial charge on any atom is -0.497 e. The molecule has 1 N–H and O–H groups in total. The zero-order valence-electron chi connectivity index (χ0n) is 15.7. The Morgan fingerprint density at radius 3 is 2.36 bits per heavy atom. The van der Waals surface area contributed by atoms with Crippen LogP contribution in [0.1, 0.15) is 45.6 Å². The second-order valence-corrected chi connectivity index (χ2v) is 7.39. The van der Waals surface area contributed by atoms with E-state index in [0.29, 0.717) is 13.1 Å². The second-order valence-electron chi connectivity index (χ2n) is 7.39. The van der Waals surface area contributed by atoms with Crippen LogP contribution in [0.15, 0.2) is 24.3 Å². The van der Waals surface area contributed by atoms with E-state index in [-0.39, 0.29) is 17.9 Å². The molecule has 1 heterocycles. The SMILES string of the molecule is COc1ccc([C@@H]2CCN(C(C)=O)C[C@H]2NC(=O)OC(C)(C)C)cc1. The van der Waals surface area contributed by atoms with Crippen LogP contribution in [0.3, 0.4) is 0 Å². The van der Waals surface area contributed by atoms with Gasteiger partial charge in [0.05, 0.1) is 13.2 Å². The normalized spacial score (nSPS) is 20.8. The van der Waals surface area contributed by atoms with E-state index in [4.69, 9.17) is 9.47 Å². The Bertz CT molecular complexity index is 607. The Labute approximate surface area is 149 Å². The number of hydrogen-bond donors (Lipinski definition) is 1. The quantitative estimate of drug-likeness (QED) is 0.912. The largest absolute Gasteiger partial charge is 0.497 e. The highest BCUT2D eigenvalue weighted by atomic mass is 16.6. The fraction of sp³-hybridized carbons (Fsp3) is 0.579. The maximum absolute atomic E-state index is 12.2. The Kier molecular flexibility index (Phi) is 5.93.